The molecular weight excluding hydrogens is 278 g/mol. The van der Waals surface area contributed by atoms with Gasteiger partial charge in [0.2, 0.25) is 0 Å². The van der Waals surface area contributed by atoms with E-state index < -0.39 is 0 Å². The maximum Gasteiger partial charge on any atom is 0.341 e. The molecule has 0 unspecified atom stereocenters. The Morgan fingerprint density at radius 3 is 2.55 bits per heavy atom. The van der Waals surface area contributed by atoms with Crippen molar-refractivity contribution in [2.24, 2.45) is 0 Å². The van der Waals surface area contributed by atoms with E-state index in [9.17, 15) is 4.79 Å². The molecule has 0 N–H and O–H groups in total. The summed E-state index contributed by atoms with van der Waals surface area (Å²) in [6.45, 7) is 1.99. The van der Waals surface area contributed by atoms with Crippen LogP contribution < -0.4 is 4.74 Å². The lowest BCUT2D eigenvalue weighted by Crippen LogP contribution is -2.03. The summed E-state index contributed by atoms with van der Waals surface area (Å²) in [4.78, 5) is 12.6. The number of aryl methyl sites for hydroxylation is 1. The van der Waals surface area contributed by atoms with Crippen molar-refractivity contribution < 1.29 is 19.0 Å². The van der Waals surface area contributed by atoms with Gasteiger partial charge in [-0.25, -0.2) is 4.79 Å². The second-order valence-corrected chi connectivity index (χ2v) is 4.81. The van der Waals surface area contributed by atoms with Gasteiger partial charge in [-0.1, -0.05) is 0 Å². The van der Waals surface area contributed by atoms with Gasteiger partial charge in [0.15, 0.2) is 6.79 Å². The maximum absolute atomic E-state index is 11.8. The molecule has 0 saturated carbocycles. The van der Waals surface area contributed by atoms with Crippen molar-refractivity contribution in [2.75, 3.05) is 21.0 Å². The van der Waals surface area contributed by atoms with Crippen LogP contribution >= 0.6 is 11.5 Å². The Hall–Kier alpha value is -1.92. The van der Waals surface area contributed by atoms with Crippen LogP contribution in [0.4, 0.5) is 0 Å². The summed E-state index contributed by atoms with van der Waals surface area (Å²) in [7, 11) is 2.93. The lowest BCUT2D eigenvalue weighted by molar-refractivity contribution is 0.0511. The van der Waals surface area contributed by atoms with E-state index in [-0.39, 0.29) is 12.8 Å². The molecule has 0 fully saturated rings. The highest BCUT2D eigenvalue weighted by atomic mass is 32.1. The lowest BCUT2D eigenvalue weighted by Gasteiger charge is -2.06. The number of aromatic nitrogens is 1. The molecule has 0 radical (unpaired) electrons. The van der Waals surface area contributed by atoms with Gasteiger partial charge in [0.05, 0.1) is 17.7 Å². The zero-order chi connectivity index (χ0) is 14.5. The molecule has 5 nitrogen and oxygen atoms in total. The fourth-order valence-corrected chi connectivity index (χ4v) is 2.62. The van der Waals surface area contributed by atoms with E-state index in [4.69, 9.17) is 14.2 Å². The van der Waals surface area contributed by atoms with Gasteiger partial charge >= 0.3 is 5.97 Å². The number of rotatable bonds is 5. The molecule has 106 valence electrons. The average molecular weight is 293 g/mol. The molecule has 0 bridgehead atoms. The first-order valence-electron chi connectivity index (χ1n) is 5.94. The molecule has 0 aliphatic rings. The molecule has 0 aliphatic carbocycles. The van der Waals surface area contributed by atoms with Crippen LogP contribution in [0.1, 0.15) is 16.1 Å². The van der Waals surface area contributed by atoms with Crippen LogP contribution in [0.5, 0.6) is 5.75 Å². The number of esters is 1. The van der Waals surface area contributed by atoms with Gasteiger partial charge < -0.3 is 14.2 Å². The van der Waals surface area contributed by atoms with Crippen molar-refractivity contribution in [3.05, 3.63) is 35.5 Å². The van der Waals surface area contributed by atoms with Crippen LogP contribution in [0.15, 0.2) is 24.3 Å². The number of ether oxygens (including phenoxy) is 3. The third-order valence-corrected chi connectivity index (χ3v) is 3.70. The summed E-state index contributed by atoms with van der Waals surface area (Å²) in [5, 5.41) is 0. The van der Waals surface area contributed by atoms with Gasteiger partial charge in [-0.15, -0.1) is 0 Å². The molecule has 0 amide bonds. The predicted molar refractivity (Wildman–Crippen MR) is 76.1 cm³/mol. The fourth-order valence-electron chi connectivity index (χ4n) is 1.74. The van der Waals surface area contributed by atoms with Crippen molar-refractivity contribution >= 4 is 17.5 Å². The number of methoxy groups -OCH3 is 2. The minimum absolute atomic E-state index is 0.201. The zero-order valence-electron chi connectivity index (χ0n) is 11.5. The van der Waals surface area contributed by atoms with Gasteiger partial charge in [-0.2, -0.15) is 4.37 Å². The highest BCUT2D eigenvalue weighted by Crippen LogP contribution is 2.31. The molecule has 2 aromatic rings. The molecule has 0 saturated heterocycles. The second kappa shape index (κ2) is 6.49. The Kier molecular flexibility index (Phi) is 4.70. The molecule has 0 atom stereocenters. The van der Waals surface area contributed by atoms with Gasteiger partial charge in [-0.05, 0) is 48.3 Å². The van der Waals surface area contributed by atoms with E-state index in [1.165, 1.54) is 18.6 Å². The molecule has 2 rings (SSSR count). The van der Waals surface area contributed by atoms with Crippen LogP contribution in [0, 0.1) is 6.92 Å². The van der Waals surface area contributed by atoms with Gasteiger partial charge in [0.1, 0.15) is 11.3 Å². The molecule has 1 aromatic heterocycles. The Morgan fingerprint density at radius 2 is 1.95 bits per heavy atom. The smallest absolute Gasteiger partial charge is 0.341 e. The van der Waals surface area contributed by atoms with Crippen molar-refractivity contribution in [3.8, 4) is 16.2 Å². The molecule has 0 spiro atoms. The third-order valence-electron chi connectivity index (χ3n) is 2.71. The molecule has 0 aliphatic heterocycles. The SMILES string of the molecule is COCOc1ccc(-c2snc(C)c2C(=O)OC)cc1. The van der Waals surface area contributed by atoms with Crippen molar-refractivity contribution in [1.82, 2.24) is 4.37 Å². The third kappa shape index (κ3) is 2.97. The Morgan fingerprint density at radius 1 is 1.25 bits per heavy atom. The average Bonchev–Trinajstić information content (AvgIpc) is 2.86. The summed E-state index contributed by atoms with van der Waals surface area (Å²) >= 11 is 1.28. The van der Waals surface area contributed by atoms with Gasteiger partial charge in [0.25, 0.3) is 0 Å². The standard InChI is InChI=1S/C14H15NO4S/c1-9-12(14(16)18-3)13(20-15-9)10-4-6-11(7-5-10)19-8-17-2/h4-7H,8H2,1-3H3. The summed E-state index contributed by atoms with van der Waals surface area (Å²) in [6.07, 6.45) is 0. The van der Waals surface area contributed by atoms with Crippen LogP contribution in [0.3, 0.4) is 0 Å². The van der Waals surface area contributed by atoms with E-state index in [1.54, 1.807) is 14.0 Å². The van der Waals surface area contributed by atoms with Crippen molar-refractivity contribution in [3.63, 3.8) is 0 Å². The Bertz CT molecular complexity index is 592. The van der Waals surface area contributed by atoms with Crippen LogP contribution in [0.2, 0.25) is 0 Å². The highest BCUT2D eigenvalue weighted by molar-refractivity contribution is 7.10. The molecule has 20 heavy (non-hydrogen) atoms. The largest absolute Gasteiger partial charge is 0.468 e. The normalized spacial score (nSPS) is 10.3. The number of hydrogen-bond donors (Lipinski definition) is 0. The van der Waals surface area contributed by atoms with Crippen molar-refractivity contribution in [1.29, 1.82) is 0 Å². The number of nitrogens with zero attached hydrogens (tertiary/aromatic N) is 1. The summed E-state index contributed by atoms with van der Waals surface area (Å²) < 4.78 is 19.2. The molecule has 6 heteroatoms. The van der Waals surface area contributed by atoms with Crippen LogP contribution in [0.25, 0.3) is 10.4 Å². The van der Waals surface area contributed by atoms with E-state index in [1.807, 2.05) is 24.3 Å². The topological polar surface area (TPSA) is 57.7 Å². The molecular formula is C14H15NO4S. The molecule has 1 heterocycles. The Labute approximate surface area is 121 Å². The first kappa shape index (κ1) is 14.5. The first-order chi connectivity index (χ1) is 9.67. The zero-order valence-corrected chi connectivity index (χ0v) is 12.3. The molecule has 1 aromatic carbocycles. The Balaban J connectivity index is 2.30. The van der Waals surface area contributed by atoms with Crippen molar-refractivity contribution in [2.45, 2.75) is 6.92 Å². The summed E-state index contributed by atoms with van der Waals surface area (Å²) in [5.74, 6) is 0.336. The summed E-state index contributed by atoms with van der Waals surface area (Å²) in [5.41, 5.74) is 2.10. The highest BCUT2D eigenvalue weighted by Gasteiger charge is 2.20. The minimum Gasteiger partial charge on any atom is -0.468 e. The number of benzene rings is 1. The lowest BCUT2D eigenvalue weighted by atomic mass is 10.1. The fraction of sp³-hybridized carbons (Fsp3) is 0.286. The number of carbonyl (C=O) groups excluding carboxylic acids is 1. The first-order valence-corrected chi connectivity index (χ1v) is 6.71. The van der Waals surface area contributed by atoms with E-state index in [2.05, 4.69) is 4.37 Å². The maximum atomic E-state index is 11.8. The van der Waals surface area contributed by atoms with Crippen LogP contribution in [-0.2, 0) is 9.47 Å². The van der Waals surface area contributed by atoms with Crippen LogP contribution in [-0.4, -0.2) is 31.4 Å². The monoisotopic (exact) mass is 293 g/mol. The number of carbonyl (C=O) groups is 1. The summed E-state index contributed by atoms with van der Waals surface area (Å²) in [6, 6.07) is 7.41. The quantitative estimate of drug-likeness (QED) is 0.626. The van der Waals surface area contributed by atoms with E-state index in [0.717, 1.165) is 10.4 Å². The second-order valence-electron chi connectivity index (χ2n) is 4.04. The van der Waals surface area contributed by atoms with Gasteiger partial charge in [0, 0.05) is 7.11 Å². The predicted octanol–water partition coefficient (Wildman–Crippen LogP) is 2.89. The number of hydrogen-bond acceptors (Lipinski definition) is 6. The van der Waals surface area contributed by atoms with Gasteiger partial charge in [-0.3, -0.25) is 0 Å². The van der Waals surface area contributed by atoms with E-state index >= 15 is 0 Å². The van der Waals surface area contributed by atoms with E-state index in [0.29, 0.717) is 17.0 Å². The minimum atomic E-state index is -0.369.